The van der Waals surface area contributed by atoms with E-state index in [1.54, 1.807) is 6.20 Å². The third-order valence-electron chi connectivity index (χ3n) is 4.39. The van der Waals surface area contributed by atoms with Crippen LogP contribution in [0, 0.1) is 6.92 Å². The summed E-state index contributed by atoms with van der Waals surface area (Å²) in [7, 11) is 1.99. The van der Waals surface area contributed by atoms with Crippen LogP contribution < -0.4 is 10.1 Å². The third-order valence-corrected chi connectivity index (χ3v) is 4.39. The Morgan fingerprint density at radius 1 is 1.27 bits per heavy atom. The zero-order valence-corrected chi connectivity index (χ0v) is 13.5. The SMILES string of the molecule is CNC1(C)CC(C)(c2nnc(COc3ccc(C)nc3)o2)C1. The largest absolute Gasteiger partial charge is 0.482 e. The van der Waals surface area contributed by atoms with Crippen molar-refractivity contribution in [2.45, 2.75) is 51.2 Å². The highest BCUT2D eigenvalue weighted by Crippen LogP contribution is 2.49. The van der Waals surface area contributed by atoms with Crippen molar-refractivity contribution in [1.29, 1.82) is 0 Å². The highest BCUT2D eigenvalue weighted by Gasteiger charge is 2.52. The Morgan fingerprint density at radius 2 is 2.05 bits per heavy atom. The molecule has 118 valence electrons. The van der Waals surface area contributed by atoms with Crippen molar-refractivity contribution < 1.29 is 9.15 Å². The maximum absolute atomic E-state index is 5.78. The van der Waals surface area contributed by atoms with E-state index in [1.165, 1.54) is 0 Å². The van der Waals surface area contributed by atoms with Gasteiger partial charge < -0.3 is 14.5 Å². The quantitative estimate of drug-likeness (QED) is 0.914. The molecule has 0 atom stereocenters. The van der Waals surface area contributed by atoms with E-state index in [0.29, 0.717) is 17.5 Å². The van der Waals surface area contributed by atoms with Crippen LogP contribution in [0.5, 0.6) is 5.75 Å². The van der Waals surface area contributed by atoms with Crippen LogP contribution in [0.3, 0.4) is 0 Å². The van der Waals surface area contributed by atoms with Crippen molar-refractivity contribution >= 4 is 0 Å². The van der Waals surface area contributed by atoms with E-state index in [4.69, 9.17) is 9.15 Å². The summed E-state index contributed by atoms with van der Waals surface area (Å²) in [5.41, 5.74) is 1.07. The number of nitrogens with one attached hydrogen (secondary N) is 1. The fourth-order valence-corrected chi connectivity index (χ4v) is 3.24. The van der Waals surface area contributed by atoms with E-state index in [9.17, 15) is 0 Å². The number of aryl methyl sites for hydroxylation is 1. The Hall–Kier alpha value is -1.95. The van der Waals surface area contributed by atoms with Crippen LogP contribution in [-0.4, -0.2) is 27.8 Å². The molecule has 0 aromatic carbocycles. The van der Waals surface area contributed by atoms with Crippen molar-refractivity contribution in [2.75, 3.05) is 7.05 Å². The number of rotatable bonds is 5. The van der Waals surface area contributed by atoms with Gasteiger partial charge in [-0.1, -0.05) is 6.92 Å². The number of aromatic nitrogens is 3. The Balaban J connectivity index is 1.61. The molecule has 1 aliphatic carbocycles. The van der Waals surface area contributed by atoms with E-state index in [1.807, 2.05) is 26.1 Å². The lowest BCUT2D eigenvalue weighted by Crippen LogP contribution is -2.58. The van der Waals surface area contributed by atoms with Gasteiger partial charge in [-0.05, 0) is 45.9 Å². The molecule has 1 fully saturated rings. The zero-order chi connectivity index (χ0) is 15.8. The third kappa shape index (κ3) is 2.83. The predicted molar refractivity (Wildman–Crippen MR) is 81.7 cm³/mol. The lowest BCUT2D eigenvalue weighted by Gasteiger charge is -2.50. The summed E-state index contributed by atoms with van der Waals surface area (Å²) >= 11 is 0. The molecule has 6 nitrogen and oxygen atoms in total. The Kier molecular flexibility index (Phi) is 3.64. The Bertz CT molecular complexity index is 644. The van der Waals surface area contributed by atoms with Crippen LogP contribution in [-0.2, 0) is 12.0 Å². The van der Waals surface area contributed by atoms with Crippen molar-refractivity contribution in [3.63, 3.8) is 0 Å². The fourth-order valence-electron chi connectivity index (χ4n) is 3.24. The fraction of sp³-hybridized carbons (Fsp3) is 0.562. The molecule has 1 saturated carbocycles. The van der Waals surface area contributed by atoms with E-state index in [2.05, 4.69) is 34.3 Å². The minimum Gasteiger partial charge on any atom is -0.482 e. The normalized spacial score (nSPS) is 27.5. The van der Waals surface area contributed by atoms with Crippen LogP contribution in [0.2, 0.25) is 0 Å². The Labute approximate surface area is 130 Å². The molecule has 0 aliphatic heterocycles. The van der Waals surface area contributed by atoms with E-state index < -0.39 is 0 Å². The first kappa shape index (κ1) is 15.0. The van der Waals surface area contributed by atoms with Gasteiger partial charge in [0.15, 0.2) is 6.61 Å². The molecule has 2 aromatic heterocycles. The van der Waals surface area contributed by atoms with E-state index in [-0.39, 0.29) is 17.6 Å². The molecule has 22 heavy (non-hydrogen) atoms. The topological polar surface area (TPSA) is 73.1 Å². The van der Waals surface area contributed by atoms with Crippen molar-refractivity contribution in [2.24, 2.45) is 0 Å². The van der Waals surface area contributed by atoms with Gasteiger partial charge in [0.1, 0.15) is 5.75 Å². The van der Waals surface area contributed by atoms with Crippen LogP contribution in [0.25, 0.3) is 0 Å². The summed E-state index contributed by atoms with van der Waals surface area (Å²) in [6.45, 7) is 6.57. The molecule has 0 bridgehead atoms. The van der Waals surface area contributed by atoms with Crippen molar-refractivity contribution in [3.05, 3.63) is 35.8 Å². The van der Waals surface area contributed by atoms with Gasteiger partial charge in [-0.25, -0.2) is 0 Å². The average Bonchev–Trinajstić information content (AvgIpc) is 2.94. The molecule has 0 unspecified atom stereocenters. The predicted octanol–water partition coefficient (Wildman–Crippen LogP) is 2.38. The first-order chi connectivity index (χ1) is 10.4. The summed E-state index contributed by atoms with van der Waals surface area (Å²) in [5, 5.41) is 11.6. The summed E-state index contributed by atoms with van der Waals surface area (Å²) < 4.78 is 11.4. The number of pyridine rings is 1. The van der Waals surface area contributed by atoms with Gasteiger partial charge in [0.2, 0.25) is 5.89 Å². The standard InChI is InChI=1S/C16H22N4O2/c1-11-5-6-12(7-18-11)21-8-13-19-20-14(22-13)15(2)9-16(3,10-15)17-4/h5-7,17H,8-10H2,1-4H3. The molecule has 2 heterocycles. The molecule has 6 heteroatoms. The van der Waals surface area contributed by atoms with Gasteiger partial charge >= 0.3 is 0 Å². The van der Waals surface area contributed by atoms with Gasteiger partial charge in [0.25, 0.3) is 5.89 Å². The molecule has 0 saturated heterocycles. The molecule has 3 rings (SSSR count). The summed E-state index contributed by atoms with van der Waals surface area (Å²) in [4.78, 5) is 4.19. The highest BCUT2D eigenvalue weighted by atomic mass is 16.5. The molecule has 2 aromatic rings. The lowest BCUT2D eigenvalue weighted by atomic mass is 9.59. The average molecular weight is 302 g/mol. The smallest absolute Gasteiger partial charge is 0.253 e. The second-order valence-corrected chi connectivity index (χ2v) is 6.65. The van der Waals surface area contributed by atoms with Gasteiger partial charge in [-0.15, -0.1) is 10.2 Å². The van der Waals surface area contributed by atoms with Gasteiger partial charge in [0, 0.05) is 16.6 Å². The van der Waals surface area contributed by atoms with Crippen molar-refractivity contribution in [3.8, 4) is 5.75 Å². The van der Waals surface area contributed by atoms with E-state index in [0.717, 1.165) is 18.5 Å². The van der Waals surface area contributed by atoms with Crippen LogP contribution in [0.4, 0.5) is 0 Å². The minimum absolute atomic E-state index is 0.0472. The molecular weight excluding hydrogens is 280 g/mol. The maximum atomic E-state index is 5.78. The second kappa shape index (κ2) is 5.35. The monoisotopic (exact) mass is 302 g/mol. The molecule has 0 radical (unpaired) electrons. The van der Waals surface area contributed by atoms with Gasteiger partial charge in [-0.3, -0.25) is 4.98 Å². The first-order valence-electron chi connectivity index (χ1n) is 7.50. The van der Waals surface area contributed by atoms with Crippen LogP contribution >= 0.6 is 0 Å². The van der Waals surface area contributed by atoms with Crippen LogP contribution in [0.15, 0.2) is 22.7 Å². The highest BCUT2D eigenvalue weighted by molar-refractivity contribution is 5.19. The lowest BCUT2D eigenvalue weighted by molar-refractivity contribution is 0.0786. The second-order valence-electron chi connectivity index (χ2n) is 6.65. The van der Waals surface area contributed by atoms with Crippen molar-refractivity contribution in [1.82, 2.24) is 20.5 Å². The van der Waals surface area contributed by atoms with E-state index >= 15 is 0 Å². The van der Waals surface area contributed by atoms with Crippen LogP contribution in [0.1, 0.15) is 44.2 Å². The minimum atomic E-state index is -0.0472. The number of nitrogens with zero attached hydrogens (tertiary/aromatic N) is 3. The zero-order valence-electron chi connectivity index (χ0n) is 13.5. The summed E-state index contributed by atoms with van der Waals surface area (Å²) in [6, 6.07) is 3.79. The van der Waals surface area contributed by atoms with Gasteiger partial charge in [-0.2, -0.15) is 0 Å². The number of hydrogen-bond acceptors (Lipinski definition) is 6. The molecule has 0 amide bonds. The maximum Gasteiger partial charge on any atom is 0.253 e. The summed E-state index contributed by atoms with van der Waals surface area (Å²) in [6.07, 6.45) is 3.67. The molecular formula is C16H22N4O2. The number of ether oxygens (including phenoxy) is 1. The van der Waals surface area contributed by atoms with Gasteiger partial charge in [0.05, 0.1) is 6.20 Å². The number of hydrogen-bond donors (Lipinski definition) is 1. The molecule has 1 aliphatic rings. The summed E-state index contributed by atoms with van der Waals surface area (Å²) in [5.74, 6) is 1.89. The molecule has 0 spiro atoms. The first-order valence-corrected chi connectivity index (χ1v) is 7.50. The molecule has 1 N–H and O–H groups in total. The Morgan fingerprint density at radius 3 is 2.68 bits per heavy atom.